The summed E-state index contributed by atoms with van der Waals surface area (Å²) in [6, 6.07) is 19.5. The zero-order valence-electron chi connectivity index (χ0n) is 21.0. The van der Waals surface area contributed by atoms with Crippen LogP contribution in [-0.2, 0) is 11.3 Å². The third kappa shape index (κ3) is 4.68. The van der Waals surface area contributed by atoms with E-state index < -0.39 is 6.04 Å². The standard InChI is InChI=1S/C28H32N6O2/c1-19-26-25(20(2)33(31-26)24-12-8-5-9-13-24)28(36)34(30-19)21(3)27(35)29-23-14-16-32(17-15-23)18-22-10-6-4-7-11-22/h4-13,21,23H,14-18H2,1-3H3,(H,29,35). The first-order valence-electron chi connectivity index (χ1n) is 12.5. The number of rotatable bonds is 6. The van der Waals surface area contributed by atoms with Gasteiger partial charge in [0.25, 0.3) is 5.56 Å². The molecule has 1 aliphatic rings. The second kappa shape index (κ2) is 10.1. The third-order valence-corrected chi connectivity index (χ3v) is 7.07. The van der Waals surface area contributed by atoms with Crippen LogP contribution in [0.25, 0.3) is 16.6 Å². The van der Waals surface area contributed by atoms with E-state index in [9.17, 15) is 9.59 Å². The van der Waals surface area contributed by atoms with E-state index >= 15 is 0 Å². The van der Waals surface area contributed by atoms with Gasteiger partial charge in [0.15, 0.2) is 0 Å². The molecule has 0 bridgehead atoms. The smallest absolute Gasteiger partial charge is 0.278 e. The number of hydrogen-bond acceptors (Lipinski definition) is 5. The van der Waals surface area contributed by atoms with Crippen molar-refractivity contribution in [3.63, 3.8) is 0 Å². The predicted octanol–water partition coefficient (Wildman–Crippen LogP) is 3.54. The Balaban J connectivity index is 1.30. The van der Waals surface area contributed by atoms with Gasteiger partial charge in [0.2, 0.25) is 5.91 Å². The summed E-state index contributed by atoms with van der Waals surface area (Å²) in [6.07, 6.45) is 1.77. The fourth-order valence-electron chi connectivity index (χ4n) is 4.97. The monoisotopic (exact) mass is 484 g/mol. The average Bonchev–Trinajstić information content (AvgIpc) is 3.26. The van der Waals surface area contributed by atoms with Crippen molar-refractivity contribution in [2.45, 2.75) is 52.2 Å². The molecule has 1 aliphatic heterocycles. The Kier molecular flexibility index (Phi) is 6.69. The van der Waals surface area contributed by atoms with Crippen LogP contribution in [0.2, 0.25) is 0 Å². The molecule has 3 heterocycles. The molecule has 0 spiro atoms. The van der Waals surface area contributed by atoms with Crippen LogP contribution in [0.1, 0.15) is 42.8 Å². The van der Waals surface area contributed by atoms with Gasteiger partial charge in [-0.25, -0.2) is 9.36 Å². The van der Waals surface area contributed by atoms with Crippen LogP contribution in [0.3, 0.4) is 0 Å². The van der Waals surface area contributed by atoms with Crippen LogP contribution in [0.5, 0.6) is 0 Å². The Bertz CT molecular complexity index is 1420. The molecule has 2 aromatic heterocycles. The van der Waals surface area contributed by atoms with Crippen molar-refractivity contribution in [3.05, 3.63) is 88.0 Å². The zero-order chi connectivity index (χ0) is 25.2. The van der Waals surface area contributed by atoms with Gasteiger partial charge in [-0.3, -0.25) is 14.5 Å². The molecule has 1 saturated heterocycles. The number of piperidine rings is 1. The topological polar surface area (TPSA) is 85.0 Å². The number of likely N-dealkylation sites (tertiary alicyclic amines) is 1. The molecular weight excluding hydrogens is 452 g/mol. The molecule has 2 aromatic carbocycles. The molecule has 36 heavy (non-hydrogen) atoms. The normalized spacial score (nSPS) is 15.8. The lowest BCUT2D eigenvalue weighted by Crippen LogP contribution is -2.47. The van der Waals surface area contributed by atoms with E-state index in [2.05, 4.69) is 44.7 Å². The fraction of sp³-hybridized carbons (Fsp3) is 0.357. The zero-order valence-corrected chi connectivity index (χ0v) is 21.0. The lowest BCUT2D eigenvalue weighted by molar-refractivity contribution is -0.125. The summed E-state index contributed by atoms with van der Waals surface area (Å²) < 4.78 is 3.07. The summed E-state index contributed by atoms with van der Waals surface area (Å²) in [7, 11) is 0. The van der Waals surface area contributed by atoms with Crippen molar-refractivity contribution in [2.24, 2.45) is 0 Å². The van der Waals surface area contributed by atoms with Crippen LogP contribution in [0.4, 0.5) is 0 Å². The summed E-state index contributed by atoms with van der Waals surface area (Å²) in [5.74, 6) is -0.182. The van der Waals surface area contributed by atoms with Gasteiger partial charge in [-0.05, 0) is 51.3 Å². The number of benzene rings is 2. The first kappa shape index (κ1) is 23.9. The van der Waals surface area contributed by atoms with Crippen molar-refractivity contribution >= 4 is 16.8 Å². The van der Waals surface area contributed by atoms with Crippen molar-refractivity contribution in [1.29, 1.82) is 0 Å². The molecule has 4 aromatic rings. The number of carbonyl (C=O) groups is 1. The molecule has 1 fully saturated rings. The minimum Gasteiger partial charge on any atom is -0.351 e. The van der Waals surface area contributed by atoms with Gasteiger partial charge in [-0.1, -0.05) is 48.5 Å². The Labute approximate surface area is 210 Å². The number of hydrogen-bond donors (Lipinski definition) is 1. The molecule has 1 amide bonds. The maximum Gasteiger partial charge on any atom is 0.278 e. The molecule has 1 atom stereocenters. The largest absolute Gasteiger partial charge is 0.351 e. The molecule has 1 N–H and O–H groups in total. The minimum atomic E-state index is -0.720. The van der Waals surface area contributed by atoms with E-state index in [0.717, 1.165) is 43.9 Å². The van der Waals surface area contributed by atoms with Crippen LogP contribution in [0.15, 0.2) is 65.5 Å². The van der Waals surface area contributed by atoms with Crippen LogP contribution < -0.4 is 10.9 Å². The van der Waals surface area contributed by atoms with E-state index in [1.54, 1.807) is 11.6 Å². The highest BCUT2D eigenvalue weighted by Gasteiger charge is 2.26. The number of aromatic nitrogens is 4. The quantitative estimate of drug-likeness (QED) is 0.453. The predicted molar refractivity (Wildman–Crippen MR) is 140 cm³/mol. The molecule has 0 saturated carbocycles. The van der Waals surface area contributed by atoms with Gasteiger partial charge < -0.3 is 5.32 Å². The first-order chi connectivity index (χ1) is 17.4. The van der Waals surface area contributed by atoms with Crippen molar-refractivity contribution in [1.82, 2.24) is 29.8 Å². The second-order valence-corrected chi connectivity index (χ2v) is 9.61. The number of para-hydroxylation sites is 1. The van der Waals surface area contributed by atoms with E-state index in [4.69, 9.17) is 0 Å². The van der Waals surface area contributed by atoms with E-state index in [0.29, 0.717) is 16.6 Å². The van der Waals surface area contributed by atoms with Gasteiger partial charge in [0, 0.05) is 25.7 Å². The highest BCUT2D eigenvalue weighted by molar-refractivity contribution is 5.84. The number of fused-ring (bicyclic) bond motifs is 1. The van der Waals surface area contributed by atoms with Crippen LogP contribution in [0, 0.1) is 13.8 Å². The Hall–Kier alpha value is -3.78. The molecule has 186 valence electrons. The lowest BCUT2D eigenvalue weighted by atomic mass is 10.0. The third-order valence-electron chi connectivity index (χ3n) is 7.07. The highest BCUT2D eigenvalue weighted by Crippen LogP contribution is 2.21. The summed E-state index contributed by atoms with van der Waals surface area (Å²) >= 11 is 0. The van der Waals surface area contributed by atoms with E-state index in [1.807, 2.05) is 50.2 Å². The van der Waals surface area contributed by atoms with Gasteiger partial charge >= 0.3 is 0 Å². The number of nitrogens with zero attached hydrogens (tertiary/aromatic N) is 5. The Morgan fingerprint density at radius 1 is 1.00 bits per heavy atom. The van der Waals surface area contributed by atoms with E-state index in [-0.39, 0.29) is 17.5 Å². The minimum absolute atomic E-state index is 0.0927. The maximum absolute atomic E-state index is 13.5. The lowest BCUT2D eigenvalue weighted by Gasteiger charge is -2.33. The second-order valence-electron chi connectivity index (χ2n) is 9.61. The SMILES string of the molecule is Cc1nn(C(C)C(=O)NC2CCN(Cc3ccccc3)CC2)c(=O)c2c(C)n(-c3ccccc3)nc12. The van der Waals surface area contributed by atoms with Gasteiger partial charge in [0.1, 0.15) is 11.6 Å². The van der Waals surface area contributed by atoms with Crippen molar-refractivity contribution < 1.29 is 4.79 Å². The molecule has 8 nitrogen and oxygen atoms in total. The maximum atomic E-state index is 13.5. The Morgan fingerprint density at radius 3 is 2.31 bits per heavy atom. The summed E-state index contributed by atoms with van der Waals surface area (Å²) in [5.41, 5.74) is 3.80. The molecular formula is C28H32N6O2. The number of amides is 1. The summed E-state index contributed by atoms with van der Waals surface area (Å²) in [5, 5.41) is 12.8. The fourth-order valence-corrected chi connectivity index (χ4v) is 4.97. The molecule has 5 rings (SSSR count). The van der Waals surface area contributed by atoms with Crippen molar-refractivity contribution in [3.8, 4) is 5.69 Å². The average molecular weight is 485 g/mol. The molecule has 0 aliphatic carbocycles. The Morgan fingerprint density at radius 2 is 1.64 bits per heavy atom. The summed E-state index contributed by atoms with van der Waals surface area (Å²) in [6.45, 7) is 8.21. The highest BCUT2D eigenvalue weighted by atomic mass is 16.2. The molecule has 0 radical (unpaired) electrons. The summed E-state index contributed by atoms with van der Waals surface area (Å²) in [4.78, 5) is 29.0. The number of carbonyl (C=O) groups excluding carboxylic acids is 1. The number of aryl methyl sites for hydroxylation is 2. The van der Waals surface area contributed by atoms with Crippen LogP contribution in [-0.4, -0.2) is 49.5 Å². The molecule has 1 unspecified atom stereocenters. The van der Waals surface area contributed by atoms with Gasteiger partial charge in [0.05, 0.1) is 22.5 Å². The van der Waals surface area contributed by atoms with E-state index in [1.165, 1.54) is 10.2 Å². The van der Waals surface area contributed by atoms with Crippen LogP contribution >= 0.6 is 0 Å². The van der Waals surface area contributed by atoms with Gasteiger partial charge in [-0.2, -0.15) is 10.2 Å². The first-order valence-corrected chi connectivity index (χ1v) is 12.5. The number of nitrogens with one attached hydrogen (secondary N) is 1. The van der Waals surface area contributed by atoms with Gasteiger partial charge in [-0.15, -0.1) is 0 Å². The van der Waals surface area contributed by atoms with Crippen molar-refractivity contribution in [2.75, 3.05) is 13.1 Å². The molecule has 8 heteroatoms.